The Morgan fingerprint density at radius 3 is 2.61 bits per heavy atom. The molecule has 1 fully saturated rings. The van der Waals surface area contributed by atoms with Crippen molar-refractivity contribution in [1.82, 2.24) is 5.43 Å². The molecule has 1 saturated heterocycles. The van der Waals surface area contributed by atoms with Crippen LogP contribution in [0.2, 0.25) is 0 Å². The Hall–Kier alpha value is -2.22. The number of morpholine rings is 1. The number of cyclic esters (lactones) is 1. The van der Waals surface area contributed by atoms with E-state index in [9.17, 15) is 13.6 Å². The molecular formula is C15H17F2N3O3. The number of halogens is 2. The van der Waals surface area contributed by atoms with Crippen molar-refractivity contribution in [3.63, 3.8) is 0 Å². The Bertz CT molecular complexity index is 642. The topological polar surface area (TPSA) is 63.2 Å². The Balaban J connectivity index is 1.93. The van der Waals surface area contributed by atoms with Gasteiger partial charge in [-0.3, -0.25) is 0 Å². The number of hydrogen-bond donors (Lipinski definition) is 1. The van der Waals surface area contributed by atoms with Crippen molar-refractivity contribution in [2.75, 3.05) is 24.6 Å². The number of ether oxygens (including phenoxy) is 2. The molecule has 2 heterocycles. The number of nitrogens with zero attached hydrogens (tertiary/aromatic N) is 2. The number of nitrogens with one attached hydrogen (secondary N) is 1. The van der Waals surface area contributed by atoms with Crippen molar-refractivity contribution in [3.8, 4) is 0 Å². The number of anilines is 1. The fraction of sp³-hybridized carbons (Fsp3) is 0.467. The predicted molar refractivity (Wildman–Crippen MR) is 79.6 cm³/mol. The first-order valence-electron chi connectivity index (χ1n) is 7.36. The summed E-state index contributed by atoms with van der Waals surface area (Å²) in [5.74, 6) is -1.36. The lowest BCUT2D eigenvalue weighted by Gasteiger charge is -2.33. The van der Waals surface area contributed by atoms with E-state index < -0.39 is 23.8 Å². The minimum atomic E-state index is -0.693. The highest BCUT2D eigenvalue weighted by molar-refractivity contribution is 6.06. The molecule has 1 unspecified atom stereocenters. The lowest BCUT2D eigenvalue weighted by molar-refractivity contribution is 0.0527. The van der Waals surface area contributed by atoms with Gasteiger partial charge < -0.3 is 14.4 Å². The molecule has 1 amide bonds. The van der Waals surface area contributed by atoms with Crippen LogP contribution in [0.3, 0.4) is 0 Å². The first-order chi connectivity index (χ1) is 11.0. The van der Waals surface area contributed by atoms with Crippen LogP contribution >= 0.6 is 0 Å². The summed E-state index contributed by atoms with van der Waals surface area (Å²) in [6.45, 7) is 4.71. The molecule has 8 heteroatoms. The fourth-order valence-electron chi connectivity index (χ4n) is 2.78. The normalized spacial score (nSPS) is 24.8. The number of benzene rings is 1. The summed E-state index contributed by atoms with van der Waals surface area (Å²) in [5, 5.41) is 3.82. The van der Waals surface area contributed by atoms with Crippen LogP contribution in [-0.4, -0.2) is 43.7 Å². The maximum absolute atomic E-state index is 14.5. The molecule has 1 N–H and O–H groups in total. The van der Waals surface area contributed by atoms with Gasteiger partial charge in [-0.25, -0.2) is 19.0 Å². The van der Waals surface area contributed by atoms with Crippen LogP contribution in [0.1, 0.15) is 19.4 Å². The number of hydrogen-bond acceptors (Lipinski definition) is 5. The molecule has 3 rings (SSSR count). The second-order valence-corrected chi connectivity index (χ2v) is 5.57. The molecule has 2 aliphatic rings. The van der Waals surface area contributed by atoms with Gasteiger partial charge in [0.25, 0.3) is 0 Å². The van der Waals surface area contributed by atoms with Crippen molar-refractivity contribution >= 4 is 17.5 Å². The zero-order chi connectivity index (χ0) is 16.6. The van der Waals surface area contributed by atoms with E-state index in [4.69, 9.17) is 9.47 Å². The predicted octanol–water partition coefficient (Wildman–Crippen LogP) is 2.02. The highest BCUT2D eigenvalue weighted by Crippen LogP contribution is 2.28. The number of carbonyl (C=O) groups excluding carboxylic acids is 1. The van der Waals surface area contributed by atoms with Crippen LogP contribution in [0.5, 0.6) is 0 Å². The summed E-state index contributed by atoms with van der Waals surface area (Å²) in [5.41, 5.74) is 2.57. The van der Waals surface area contributed by atoms with Crippen molar-refractivity contribution in [3.05, 3.63) is 29.3 Å². The van der Waals surface area contributed by atoms with Crippen LogP contribution < -0.4 is 10.3 Å². The zero-order valence-electron chi connectivity index (χ0n) is 12.8. The van der Waals surface area contributed by atoms with Gasteiger partial charge in [0.2, 0.25) is 0 Å². The summed E-state index contributed by atoms with van der Waals surface area (Å²) in [6.07, 6.45) is -1.47. The maximum atomic E-state index is 14.5. The Labute approximate surface area is 132 Å². The molecule has 0 saturated carbocycles. The van der Waals surface area contributed by atoms with Crippen LogP contribution in [0.4, 0.5) is 19.3 Å². The van der Waals surface area contributed by atoms with Crippen molar-refractivity contribution in [2.45, 2.75) is 26.1 Å². The fourth-order valence-corrected chi connectivity index (χ4v) is 2.78. The smallest absolute Gasteiger partial charge is 0.428 e. The molecule has 1 aromatic carbocycles. The summed E-state index contributed by atoms with van der Waals surface area (Å²) in [4.78, 5) is 12.7. The van der Waals surface area contributed by atoms with Gasteiger partial charge in [0.15, 0.2) is 0 Å². The molecular weight excluding hydrogens is 308 g/mol. The molecule has 2 atom stereocenters. The van der Waals surface area contributed by atoms with Crippen LogP contribution in [0, 0.1) is 11.6 Å². The van der Waals surface area contributed by atoms with Gasteiger partial charge in [-0.15, -0.1) is 0 Å². The molecule has 0 aliphatic carbocycles. The summed E-state index contributed by atoms with van der Waals surface area (Å²) >= 11 is 0. The summed E-state index contributed by atoms with van der Waals surface area (Å²) < 4.78 is 39.3. The van der Waals surface area contributed by atoms with Crippen molar-refractivity contribution < 1.29 is 23.0 Å². The van der Waals surface area contributed by atoms with Crippen LogP contribution in [0.25, 0.3) is 0 Å². The van der Waals surface area contributed by atoms with E-state index in [1.807, 2.05) is 6.92 Å². The first kappa shape index (κ1) is 15.7. The van der Waals surface area contributed by atoms with Gasteiger partial charge in [0.05, 0.1) is 12.7 Å². The molecule has 0 radical (unpaired) electrons. The third-order valence-electron chi connectivity index (χ3n) is 3.81. The third-order valence-corrected chi connectivity index (χ3v) is 3.81. The number of carbonyl (C=O) groups is 1. The third kappa shape index (κ3) is 3.12. The van der Waals surface area contributed by atoms with E-state index >= 15 is 0 Å². The molecule has 0 spiro atoms. The summed E-state index contributed by atoms with van der Waals surface area (Å²) in [7, 11) is 0. The van der Waals surface area contributed by atoms with Crippen molar-refractivity contribution in [2.24, 2.45) is 5.10 Å². The number of amides is 1. The Morgan fingerprint density at radius 1 is 1.30 bits per heavy atom. The van der Waals surface area contributed by atoms with Crippen LogP contribution in [0.15, 0.2) is 17.2 Å². The lowest BCUT2D eigenvalue weighted by Crippen LogP contribution is -2.42. The van der Waals surface area contributed by atoms with Gasteiger partial charge in [-0.05, 0) is 26.0 Å². The van der Waals surface area contributed by atoms with E-state index in [-0.39, 0.29) is 23.1 Å². The van der Waals surface area contributed by atoms with Gasteiger partial charge in [0.1, 0.15) is 29.1 Å². The van der Waals surface area contributed by atoms with E-state index in [2.05, 4.69) is 10.5 Å². The quantitative estimate of drug-likeness (QED) is 0.904. The van der Waals surface area contributed by atoms with E-state index in [0.717, 1.165) is 0 Å². The molecule has 0 aromatic heterocycles. The molecule has 0 bridgehead atoms. The van der Waals surface area contributed by atoms with Crippen molar-refractivity contribution in [1.29, 1.82) is 0 Å². The van der Waals surface area contributed by atoms with E-state index in [1.54, 1.807) is 11.8 Å². The van der Waals surface area contributed by atoms with E-state index in [1.165, 1.54) is 12.1 Å². The van der Waals surface area contributed by atoms with Crippen LogP contribution in [-0.2, 0) is 9.47 Å². The molecule has 6 nitrogen and oxygen atoms in total. The minimum absolute atomic E-state index is 0.0714. The van der Waals surface area contributed by atoms with E-state index in [0.29, 0.717) is 19.7 Å². The van der Waals surface area contributed by atoms with Gasteiger partial charge in [0, 0.05) is 18.7 Å². The SMILES string of the molecule is CC1OC(=O)NN=C1c1cc(F)c(N2CCO[C@@H](C)C2)c(F)c1. The largest absolute Gasteiger partial charge is 0.439 e. The average Bonchev–Trinajstić information content (AvgIpc) is 2.46. The monoisotopic (exact) mass is 325 g/mol. The zero-order valence-corrected chi connectivity index (χ0v) is 12.8. The van der Waals surface area contributed by atoms with Gasteiger partial charge in [-0.2, -0.15) is 5.10 Å². The highest BCUT2D eigenvalue weighted by Gasteiger charge is 2.27. The Morgan fingerprint density at radius 2 is 2.00 bits per heavy atom. The second-order valence-electron chi connectivity index (χ2n) is 5.57. The highest BCUT2D eigenvalue weighted by atomic mass is 19.1. The lowest BCUT2D eigenvalue weighted by atomic mass is 10.0. The van der Waals surface area contributed by atoms with Gasteiger partial charge in [-0.1, -0.05) is 0 Å². The number of rotatable bonds is 2. The maximum Gasteiger partial charge on any atom is 0.428 e. The second kappa shape index (κ2) is 6.11. The standard InChI is InChI=1S/C15H17F2N3O3/c1-8-7-20(3-4-22-8)14-11(16)5-10(6-12(14)17)13-9(2)23-15(21)19-18-13/h5-6,8-9H,3-4,7H2,1-2H3,(H,19,21)/t8-,9?/m0/s1. The first-order valence-corrected chi connectivity index (χ1v) is 7.36. The minimum Gasteiger partial charge on any atom is -0.439 e. The molecule has 124 valence electrons. The molecule has 1 aromatic rings. The Kier molecular flexibility index (Phi) is 4.16. The average molecular weight is 325 g/mol. The molecule has 23 heavy (non-hydrogen) atoms. The number of hydrazone groups is 1. The summed E-state index contributed by atoms with van der Waals surface area (Å²) in [6, 6.07) is 2.41. The molecule has 2 aliphatic heterocycles. The van der Waals surface area contributed by atoms with Gasteiger partial charge >= 0.3 is 6.09 Å².